The van der Waals surface area contributed by atoms with Gasteiger partial charge >= 0.3 is 0 Å². The third-order valence-corrected chi connectivity index (χ3v) is 1.22. The molecule has 0 aromatic rings. The van der Waals surface area contributed by atoms with Crippen LogP contribution in [-0.4, -0.2) is 24.4 Å². The Morgan fingerprint density at radius 3 is 2.45 bits per heavy atom. The SMILES string of the molecule is CC#CC(=O)N(C)CC(C)C. The summed E-state index contributed by atoms with van der Waals surface area (Å²) in [7, 11) is 1.77. The van der Waals surface area contributed by atoms with Gasteiger partial charge in [-0.15, -0.1) is 0 Å². The van der Waals surface area contributed by atoms with Gasteiger partial charge in [-0.3, -0.25) is 4.79 Å². The van der Waals surface area contributed by atoms with Gasteiger partial charge in [0.2, 0.25) is 0 Å². The average molecular weight is 153 g/mol. The number of hydrogen-bond acceptors (Lipinski definition) is 1. The van der Waals surface area contributed by atoms with E-state index in [4.69, 9.17) is 0 Å². The fraction of sp³-hybridized carbons (Fsp3) is 0.667. The number of carbonyl (C=O) groups is 1. The van der Waals surface area contributed by atoms with Crippen LogP contribution in [0, 0.1) is 17.8 Å². The molecule has 1 amide bonds. The zero-order chi connectivity index (χ0) is 8.85. The van der Waals surface area contributed by atoms with Crippen LogP contribution in [0.25, 0.3) is 0 Å². The molecule has 0 heterocycles. The quantitative estimate of drug-likeness (QED) is 0.544. The highest BCUT2D eigenvalue weighted by molar-refractivity contribution is 5.93. The van der Waals surface area contributed by atoms with Crippen molar-refractivity contribution in [3.8, 4) is 11.8 Å². The Labute approximate surface area is 68.6 Å². The molecule has 0 saturated heterocycles. The highest BCUT2D eigenvalue weighted by Gasteiger charge is 2.05. The minimum absolute atomic E-state index is 0.0961. The number of amides is 1. The summed E-state index contributed by atoms with van der Waals surface area (Å²) in [4.78, 5) is 12.7. The van der Waals surface area contributed by atoms with Crippen LogP contribution < -0.4 is 0 Å². The monoisotopic (exact) mass is 153 g/mol. The molecule has 11 heavy (non-hydrogen) atoms. The first-order valence-electron chi connectivity index (χ1n) is 3.75. The van der Waals surface area contributed by atoms with E-state index < -0.39 is 0 Å². The maximum Gasteiger partial charge on any atom is 0.298 e. The van der Waals surface area contributed by atoms with E-state index >= 15 is 0 Å². The number of rotatable bonds is 2. The second-order valence-electron chi connectivity index (χ2n) is 2.95. The largest absolute Gasteiger partial charge is 0.335 e. The van der Waals surface area contributed by atoms with Crippen molar-refractivity contribution < 1.29 is 4.79 Å². The zero-order valence-corrected chi connectivity index (χ0v) is 7.64. The van der Waals surface area contributed by atoms with Crippen molar-refractivity contribution in [2.24, 2.45) is 5.92 Å². The van der Waals surface area contributed by atoms with Crippen molar-refractivity contribution in [1.82, 2.24) is 4.90 Å². The van der Waals surface area contributed by atoms with E-state index in [-0.39, 0.29) is 5.91 Å². The van der Waals surface area contributed by atoms with Crippen molar-refractivity contribution in [1.29, 1.82) is 0 Å². The van der Waals surface area contributed by atoms with Gasteiger partial charge in [-0.05, 0) is 18.8 Å². The van der Waals surface area contributed by atoms with Crippen LogP contribution in [0.1, 0.15) is 20.8 Å². The Hall–Kier alpha value is -0.970. The molecule has 0 saturated carbocycles. The van der Waals surface area contributed by atoms with Gasteiger partial charge in [0.1, 0.15) is 0 Å². The first-order chi connectivity index (χ1) is 5.07. The van der Waals surface area contributed by atoms with Crippen LogP contribution in [0.5, 0.6) is 0 Å². The summed E-state index contributed by atoms with van der Waals surface area (Å²) in [5, 5.41) is 0. The summed E-state index contributed by atoms with van der Waals surface area (Å²) in [6.07, 6.45) is 0. The normalized spacial score (nSPS) is 8.82. The lowest BCUT2D eigenvalue weighted by atomic mass is 10.2. The zero-order valence-electron chi connectivity index (χ0n) is 7.64. The second kappa shape index (κ2) is 4.79. The molecule has 0 aliphatic heterocycles. The Balaban J connectivity index is 3.89. The van der Waals surface area contributed by atoms with Gasteiger partial charge in [0.25, 0.3) is 5.91 Å². The molecule has 0 aliphatic carbocycles. The van der Waals surface area contributed by atoms with E-state index in [1.54, 1.807) is 18.9 Å². The molecule has 0 spiro atoms. The van der Waals surface area contributed by atoms with E-state index in [9.17, 15) is 4.79 Å². The Morgan fingerprint density at radius 1 is 1.55 bits per heavy atom. The lowest BCUT2D eigenvalue weighted by Gasteiger charge is -2.15. The summed E-state index contributed by atoms with van der Waals surface area (Å²) in [5.74, 6) is 5.47. The lowest BCUT2D eigenvalue weighted by Crippen LogP contribution is -2.28. The molecule has 0 unspecified atom stereocenters. The molecular weight excluding hydrogens is 138 g/mol. The maximum absolute atomic E-state index is 11.0. The van der Waals surface area contributed by atoms with Crippen LogP contribution in [0.15, 0.2) is 0 Å². The van der Waals surface area contributed by atoms with Crippen molar-refractivity contribution in [3.05, 3.63) is 0 Å². The van der Waals surface area contributed by atoms with Crippen LogP contribution >= 0.6 is 0 Å². The summed E-state index contributed by atoms with van der Waals surface area (Å²) in [6, 6.07) is 0. The average Bonchev–Trinajstić information content (AvgIpc) is 1.86. The van der Waals surface area contributed by atoms with Crippen LogP contribution in [0.4, 0.5) is 0 Å². The van der Waals surface area contributed by atoms with E-state index in [0.717, 1.165) is 6.54 Å². The first kappa shape index (κ1) is 10.0. The smallest absolute Gasteiger partial charge is 0.298 e. The van der Waals surface area contributed by atoms with Gasteiger partial charge in [-0.2, -0.15) is 0 Å². The predicted octanol–water partition coefficient (Wildman–Crippen LogP) is 1.12. The summed E-state index contributed by atoms with van der Waals surface area (Å²) < 4.78 is 0. The summed E-state index contributed by atoms with van der Waals surface area (Å²) in [5.41, 5.74) is 0. The molecule has 0 aromatic heterocycles. The molecule has 0 bridgehead atoms. The summed E-state index contributed by atoms with van der Waals surface area (Å²) in [6.45, 7) is 6.58. The maximum atomic E-state index is 11.0. The molecule has 0 N–H and O–H groups in total. The molecule has 0 atom stereocenters. The molecule has 2 heteroatoms. The molecule has 0 aromatic carbocycles. The molecule has 0 radical (unpaired) electrons. The molecule has 2 nitrogen and oxygen atoms in total. The van der Waals surface area contributed by atoms with Crippen molar-refractivity contribution in [2.45, 2.75) is 20.8 Å². The third-order valence-electron chi connectivity index (χ3n) is 1.22. The predicted molar refractivity (Wildman–Crippen MR) is 45.9 cm³/mol. The molecule has 62 valence electrons. The molecule has 0 aliphatic rings. The van der Waals surface area contributed by atoms with E-state index in [2.05, 4.69) is 25.7 Å². The van der Waals surface area contributed by atoms with Gasteiger partial charge in [-0.25, -0.2) is 0 Å². The molecular formula is C9H15NO. The second-order valence-corrected chi connectivity index (χ2v) is 2.95. The van der Waals surface area contributed by atoms with E-state index in [1.165, 1.54) is 0 Å². The van der Waals surface area contributed by atoms with Crippen molar-refractivity contribution >= 4 is 5.91 Å². The molecule has 0 fully saturated rings. The third kappa shape index (κ3) is 4.44. The first-order valence-corrected chi connectivity index (χ1v) is 3.75. The fourth-order valence-electron chi connectivity index (χ4n) is 0.833. The van der Waals surface area contributed by atoms with E-state index in [1.807, 2.05) is 0 Å². The highest BCUT2D eigenvalue weighted by Crippen LogP contribution is 1.94. The van der Waals surface area contributed by atoms with E-state index in [0.29, 0.717) is 5.92 Å². The fourth-order valence-corrected chi connectivity index (χ4v) is 0.833. The minimum Gasteiger partial charge on any atom is -0.335 e. The Bertz CT molecular complexity index is 185. The van der Waals surface area contributed by atoms with Gasteiger partial charge < -0.3 is 4.90 Å². The number of nitrogens with zero attached hydrogens (tertiary/aromatic N) is 1. The highest BCUT2D eigenvalue weighted by atomic mass is 16.2. The Kier molecular flexibility index (Phi) is 4.36. The van der Waals surface area contributed by atoms with Gasteiger partial charge in [0.05, 0.1) is 0 Å². The molecule has 0 rings (SSSR count). The van der Waals surface area contributed by atoms with Gasteiger partial charge in [0, 0.05) is 13.6 Å². The van der Waals surface area contributed by atoms with Crippen molar-refractivity contribution in [2.75, 3.05) is 13.6 Å². The Morgan fingerprint density at radius 2 is 2.09 bits per heavy atom. The standard InChI is InChI=1S/C9H15NO/c1-5-6-9(11)10(4)7-8(2)3/h8H,7H2,1-4H3. The summed E-state index contributed by atoms with van der Waals surface area (Å²) >= 11 is 0. The van der Waals surface area contributed by atoms with Gasteiger partial charge in [-0.1, -0.05) is 19.8 Å². The number of carbonyl (C=O) groups excluding carboxylic acids is 1. The van der Waals surface area contributed by atoms with Gasteiger partial charge in [0.15, 0.2) is 0 Å². The van der Waals surface area contributed by atoms with Crippen LogP contribution in [0.3, 0.4) is 0 Å². The minimum atomic E-state index is -0.0961. The van der Waals surface area contributed by atoms with Crippen LogP contribution in [-0.2, 0) is 4.79 Å². The van der Waals surface area contributed by atoms with Crippen LogP contribution in [0.2, 0.25) is 0 Å². The lowest BCUT2D eigenvalue weighted by molar-refractivity contribution is -0.124. The number of hydrogen-bond donors (Lipinski definition) is 0. The topological polar surface area (TPSA) is 20.3 Å². The van der Waals surface area contributed by atoms with Crippen molar-refractivity contribution in [3.63, 3.8) is 0 Å².